The second-order valence-corrected chi connectivity index (χ2v) is 13.9. The van der Waals surface area contributed by atoms with E-state index in [9.17, 15) is 14.4 Å². The van der Waals surface area contributed by atoms with Crippen LogP contribution in [0.5, 0.6) is 0 Å². The van der Waals surface area contributed by atoms with Crippen molar-refractivity contribution in [3.8, 4) is 0 Å². The van der Waals surface area contributed by atoms with E-state index >= 15 is 0 Å². The molecule has 2 aliphatic heterocycles. The van der Waals surface area contributed by atoms with Gasteiger partial charge in [-0.25, -0.2) is 0 Å². The smallest absolute Gasteiger partial charge is 0.255 e. The number of thioether (sulfide) groups is 1. The number of benzene rings is 2. The summed E-state index contributed by atoms with van der Waals surface area (Å²) >= 11 is 1.77. The third-order valence-corrected chi connectivity index (χ3v) is 12.4. The van der Waals surface area contributed by atoms with Crippen molar-refractivity contribution >= 4 is 29.5 Å². The summed E-state index contributed by atoms with van der Waals surface area (Å²) in [4.78, 5) is 39.7. The number of hydrogen-bond donors (Lipinski definition) is 2. The molecule has 202 valence electrons. The van der Waals surface area contributed by atoms with Crippen LogP contribution >= 0.6 is 11.8 Å². The first-order valence-corrected chi connectivity index (χ1v) is 15.7. The number of amides is 3. The van der Waals surface area contributed by atoms with E-state index in [1.54, 1.807) is 16.7 Å². The Labute approximate surface area is 233 Å². The van der Waals surface area contributed by atoms with Gasteiger partial charge in [-0.2, -0.15) is 0 Å². The molecule has 3 atom stereocenters. The lowest BCUT2D eigenvalue weighted by Crippen LogP contribution is -2.92. The van der Waals surface area contributed by atoms with E-state index in [2.05, 4.69) is 41.0 Å². The van der Waals surface area contributed by atoms with Gasteiger partial charge in [-0.05, 0) is 103 Å². The Balaban J connectivity index is 0.836. The Bertz CT molecular complexity index is 1360. The molecule has 4 aliphatic carbocycles. The van der Waals surface area contributed by atoms with Gasteiger partial charge in [-0.1, -0.05) is 30.3 Å². The van der Waals surface area contributed by atoms with Gasteiger partial charge in [-0.15, -0.1) is 11.8 Å². The predicted octanol–water partition coefficient (Wildman–Crippen LogP) is 4.10. The monoisotopic (exact) mass is 541 g/mol. The molecule has 4 saturated carbocycles. The molecule has 2 heterocycles. The lowest BCUT2D eigenvalue weighted by Gasteiger charge is -2.91. The number of imide groups is 1. The highest BCUT2D eigenvalue weighted by Crippen LogP contribution is 2.89. The van der Waals surface area contributed by atoms with E-state index in [-0.39, 0.29) is 24.1 Å². The number of carbonyl (C=O) groups excluding carboxylic acids is 3. The molecule has 0 bridgehead atoms. The minimum Gasteiger partial charge on any atom is -0.322 e. The van der Waals surface area contributed by atoms with Gasteiger partial charge in [-0.3, -0.25) is 19.7 Å². The van der Waals surface area contributed by atoms with Crippen LogP contribution in [-0.4, -0.2) is 46.5 Å². The van der Waals surface area contributed by atoms with Crippen LogP contribution in [0.2, 0.25) is 0 Å². The maximum absolute atomic E-state index is 13.1. The third kappa shape index (κ3) is 3.35. The fraction of sp³-hybridized carbons (Fsp3) is 0.531. The quantitative estimate of drug-likeness (QED) is 0.369. The second-order valence-electron chi connectivity index (χ2n) is 12.8. The van der Waals surface area contributed by atoms with Gasteiger partial charge in [0.25, 0.3) is 5.91 Å². The Hall–Kier alpha value is -2.64. The van der Waals surface area contributed by atoms with E-state index in [4.69, 9.17) is 0 Å². The number of carbonyl (C=O) groups is 3. The summed E-state index contributed by atoms with van der Waals surface area (Å²) in [6.07, 6.45) is 8.64. The normalized spacial score (nSPS) is 35.1. The molecule has 2 N–H and O–H groups in total. The van der Waals surface area contributed by atoms with Crippen LogP contribution in [0.3, 0.4) is 0 Å². The van der Waals surface area contributed by atoms with Gasteiger partial charge < -0.3 is 10.2 Å². The molecule has 39 heavy (non-hydrogen) atoms. The molecule has 1 spiro atoms. The predicted molar refractivity (Wildman–Crippen MR) is 149 cm³/mol. The fourth-order valence-corrected chi connectivity index (χ4v) is 10.6. The zero-order chi connectivity index (χ0) is 26.4. The molecule has 2 aromatic rings. The van der Waals surface area contributed by atoms with Crippen molar-refractivity contribution in [3.63, 3.8) is 0 Å². The van der Waals surface area contributed by atoms with Crippen molar-refractivity contribution in [1.82, 2.24) is 15.5 Å². The number of aryl methyl sites for hydroxylation is 1. The van der Waals surface area contributed by atoms with E-state index in [1.165, 1.54) is 36.8 Å². The van der Waals surface area contributed by atoms with E-state index in [0.29, 0.717) is 24.1 Å². The first-order valence-electron chi connectivity index (χ1n) is 14.7. The molecule has 5 fully saturated rings. The largest absolute Gasteiger partial charge is 0.322 e. The summed E-state index contributed by atoms with van der Waals surface area (Å²) in [6.45, 7) is 1.52. The molecular weight excluding hydrogens is 506 g/mol. The number of rotatable bonds is 9. The first-order chi connectivity index (χ1) is 19.0. The number of nitrogens with one attached hydrogen (secondary N) is 2. The second kappa shape index (κ2) is 8.68. The maximum atomic E-state index is 13.1. The summed E-state index contributed by atoms with van der Waals surface area (Å²) < 4.78 is 0. The summed E-state index contributed by atoms with van der Waals surface area (Å²) in [5, 5.41) is 6.39. The van der Waals surface area contributed by atoms with Crippen LogP contribution in [-0.2, 0) is 29.0 Å². The van der Waals surface area contributed by atoms with Crippen LogP contribution < -0.4 is 10.6 Å². The molecule has 8 rings (SSSR count). The molecule has 3 amide bonds. The Morgan fingerprint density at radius 3 is 2.38 bits per heavy atom. The molecule has 6 aliphatic rings. The molecule has 0 aromatic heterocycles. The SMILES string of the molecule is O=C1CCC(N2Cc3c(SCCc4ccc(CCNC56CC7CC8CC(C5)C876)cc4)cccc3C2=O)C(=O)N1. The molecule has 6 nitrogen and oxygen atoms in total. The third-order valence-electron chi connectivity index (χ3n) is 11.3. The zero-order valence-corrected chi connectivity index (χ0v) is 23.0. The highest BCUT2D eigenvalue weighted by molar-refractivity contribution is 7.99. The standard InChI is InChI=1S/C32H35N3O3S/c36-28-9-8-26(29(37)34-28)35-18-25-24(30(35)38)2-1-3-27(25)39-13-11-20-6-4-19(5-7-20)10-12-33-31-16-22-14-21-15-23(17-31)32(21,22)31/h1-7,21-23,26,33H,8-18H2,(H,34,36,37). The lowest BCUT2D eigenvalue weighted by molar-refractivity contribution is -0.397. The summed E-state index contributed by atoms with van der Waals surface area (Å²) in [7, 11) is 0. The van der Waals surface area contributed by atoms with E-state index in [1.807, 2.05) is 12.1 Å². The van der Waals surface area contributed by atoms with Crippen LogP contribution in [0.25, 0.3) is 0 Å². The van der Waals surface area contributed by atoms with Crippen molar-refractivity contribution < 1.29 is 14.4 Å². The lowest BCUT2D eigenvalue weighted by atomic mass is 9.15. The van der Waals surface area contributed by atoms with Gasteiger partial charge in [0.15, 0.2) is 0 Å². The van der Waals surface area contributed by atoms with Gasteiger partial charge in [0.1, 0.15) is 6.04 Å². The summed E-state index contributed by atoms with van der Waals surface area (Å²) in [5.41, 5.74) is 5.70. The minimum absolute atomic E-state index is 0.110. The Kier molecular flexibility index (Phi) is 5.38. The highest BCUT2D eigenvalue weighted by atomic mass is 32.2. The van der Waals surface area contributed by atoms with Crippen LogP contribution in [0.1, 0.15) is 65.6 Å². The van der Waals surface area contributed by atoms with Gasteiger partial charge in [0.2, 0.25) is 11.8 Å². The maximum Gasteiger partial charge on any atom is 0.255 e. The van der Waals surface area contributed by atoms with Crippen molar-refractivity contribution in [1.29, 1.82) is 0 Å². The number of fused-ring (bicyclic) bond motifs is 1. The van der Waals surface area contributed by atoms with Crippen LogP contribution in [0, 0.1) is 23.2 Å². The first kappa shape index (κ1) is 24.2. The van der Waals surface area contributed by atoms with Gasteiger partial charge in [0.05, 0.1) is 0 Å². The fourth-order valence-electron chi connectivity index (χ4n) is 9.52. The molecular formula is C32H35N3O3S. The van der Waals surface area contributed by atoms with Crippen LogP contribution in [0.15, 0.2) is 47.4 Å². The van der Waals surface area contributed by atoms with Crippen LogP contribution in [0.4, 0.5) is 0 Å². The van der Waals surface area contributed by atoms with Crippen molar-refractivity contribution in [2.45, 2.75) is 74.4 Å². The van der Waals surface area contributed by atoms with Gasteiger partial charge >= 0.3 is 0 Å². The van der Waals surface area contributed by atoms with Crippen molar-refractivity contribution in [3.05, 3.63) is 64.7 Å². The number of nitrogens with zero attached hydrogens (tertiary/aromatic N) is 1. The average Bonchev–Trinajstić information content (AvgIpc) is 3.22. The number of hydrogen-bond acceptors (Lipinski definition) is 5. The highest BCUT2D eigenvalue weighted by Gasteiger charge is 2.87. The molecule has 1 saturated heterocycles. The molecule has 3 unspecified atom stereocenters. The van der Waals surface area contributed by atoms with Crippen molar-refractivity contribution in [2.75, 3.05) is 12.3 Å². The summed E-state index contributed by atoms with van der Waals surface area (Å²) in [6, 6.07) is 14.4. The summed E-state index contributed by atoms with van der Waals surface area (Å²) in [5.74, 6) is 3.37. The Morgan fingerprint density at radius 1 is 0.949 bits per heavy atom. The van der Waals surface area contributed by atoms with Gasteiger partial charge in [0, 0.05) is 34.7 Å². The van der Waals surface area contributed by atoms with E-state index < -0.39 is 6.04 Å². The molecule has 2 aromatic carbocycles. The molecule has 7 heteroatoms. The van der Waals surface area contributed by atoms with Crippen molar-refractivity contribution in [2.24, 2.45) is 23.2 Å². The zero-order valence-electron chi connectivity index (χ0n) is 22.2. The van der Waals surface area contributed by atoms with E-state index in [0.717, 1.165) is 58.8 Å². The average molecular weight is 542 g/mol. The number of piperidine rings is 1. The minimum atomic E-state index is -0.571. The topological polar surface area (TPSA) is 78.5 Å². The molecule has 0 radical (unpaired) electrons. The Morgan fingerprint density at radius 2 is 1.69 bits per heavy atom.